The molecule has 2 nitrogen and oxygen atoms in total. The van der Waals surface area contributed by atoms with Crippen LogP contribution in [0.4, 0.5) is 0 Å². The van der Waals surface area contributed by atoms with Crippen LogP contribution in [0.15, 0.2) is 18.3 Å². The second-order valence-electron chi connectivity index (χ2n) is 5.62. The average molecular weight is 262 g/mol. The molecule has 2 atom stereocenters. The van der Waals surface area contributed by atoms with Gasteiger partial charge >= 0.3 is 0 Å². The Labute approximate surface area is 119 Å². The van der Waals surface area contributed by atoms with Gasteiger partial charge < -0.3 is 5.32 Å². The average Bonchev–Trinajstić information content (AvgIpc) is 2.45. The number of pyridine rings is 1. The molecule has 0 amide bonds. The van der Waals surface area contributed by atoms with Gasteiger partial charge in [-0.05, 0) is 43.4 Å². The first-order chi connectivity index (χ1) is 9.19. The van der Waals surface area contributed by atoms with Crippen molar-refractivity contribution in [2.45, 2.75) is 65.8 Å². The lowest BCUT2D eigenvalue weighted by atomic mass is 9.96. The number of aromatic nitrogens is 1. The summed E-state index contributed by atoms with van der Waals surface area (Å²) in [5.41, 5.74) is 2.54. The van der Waals surface area contributed by atoms with Crippen LogP contribution in [-0.2, 0) is 12.8 Å². The fourth-order valence-electron chi connectivity index (χ4n) is 2.28. The molecule has 0 aliphatic heterocycles. The van der Waals surface area contributed by atoms with Gasteiger partial charge in [-0.15, -0.1) is 0 Å². The third-order valence-electron chi connectivity index (χ3n) is 3.82. The highest BCUT2D eigenvalue weighted by Gasteiger charge is 2.13. The largest absolute Gasteiger partial charge is 0.314 e. The maximum Gasteiger partial charge on any atom is 0.0419 e. The van der Waals surface area contributed by atoms with Crippen LogP contribution in [0.5, 0.6) is 0 Å². The summed E-state index contributed by atoms with van der Waals surface area (Å²) in [6.07, 6.45) is 7.83. The summed E-state index contributed by atoms with van der Waals surface area (Å²) in [5.74, 6) is 0.782. The zero-order valence-electron chi connectivity index (χ0n) is 13.1. The van der Waals surface area contributed by atoms with E-state index in [2.05, 4.69) is 50.1 Å². The molecule has 2 unspecified atom stereocenters. The van der Waals surface area contributed by atoms with E-state index in [1.807, 2.05) is 6.20 Å². The van der Waals surface area contributed by atoms with Crippen LogP contribution >= 0.6 is 0 Å². The molecule has 0 fully saturated rings. The van der Waals surface area contributed by atoms with Crippen LogP contribution in [0.25, 0.3) is 0 Å². The Kier molecular flexibility index (Phi) is 7.73. The molecule has 0 bridgehead atoms. The van der Waals surface area contributed by atoms with Gasteiger partial charge in [-0.3, -0.25) is 4.98 Å². The summed E-state index contributed by atoms with van der Waals surface area (Å²) in [6.45, 7) is 10.1. The fraction of sp³-hybridized carbons (Fsp3) is 0.706. The molecule has 0 spiro atoms. The van der Waals surface area contributed by atoms with E-state index in [-0.39, 0.29) is 0 Å². The lowest BCUT2D eigenvalue weighted by Crippen LogP contribution is -2.33. The number of aryl methyl sites for hydroxylation is 1. The predicted molar refractivity (Wildman–Crippen MR) is 83.5 cm³/mol. The van der Waals surface area contributed by atoms with Gasteiger partial charge in [0.25, 0.3) is 0 Å². The van der Waals surface area contributed by atoms with Gasteiger partial charge in [0, 0.05) is 24.4 Å². The van der Waals surface area contributed by atoms with Crippen molar-refractivity contribution in [1.29, 1.82) is 0 Å². The van der Waals surface area contributed by atoms with Crippen molar-refractivity contribution in [3.8, 4) is 0 Å². The zero-order chi connectivity index (χ0) is 14.1. The van der Waals surface area contributed by atoms with Gasteiger partial charge in [-0.1, -0.05) is 40.2 Å². The number of hydrogen-bond donors (Lipinski definition) is 1. The smallest absolute Gasteiger partial charge is 0.0419 e. The van der Waals surface area contributed by atoms with E-state index < -0.39 is 0 Å². The van der Waals surface area contributed by atoms with E-state index in [9.17, 15) is 0 Å². The van der Waals surface area contributed by atoms with E-state index in [1.165, 1.54) is 30.5 Å². The molecular formula is C17H30N2. The Morgan fingerprint density at radius 1 is 1.21 bits per heavy atom. The Hall–Kier alpha value is -0.890. The van der Waals surface area contributed by atoms with Crippen molar-refractivity contribution >= 4 is 0 Å². The van der Waals surface area contributed by atoms with Gasteiger partial charge in [-0.2, -0.15) is 0 Å². The van der Waals surface area contributed by atoms with Crippen molar-refractivity contribution in [2.24, 2.45) is 5.92 Å². The van der Waals surface area contributed by atoms with Crippen LogP contribution in [0.2, 0.25) is 0 Å². The topological polar surface area (TPSA) is 24.9 Å². The molecule has 0 aliphatic carbocycles. The third-order valence-corrected chi connectivity index (χ3v) is 3.82. The monoisotopic (exact) mass is 262 g/mol. The Morgan fingerprint density at radius 3 is 2.53 bits per heavy atom. The number of rotatable bonds is 9. The molecule has 0 radical (unpaired) electrons. The first kappa shape index (κ1) is 16.2. The molecule has 1 heterocycles. The molecular weight excluding hydrogens is 232 g/mol. The number of nitrogens with one attached hydrogen (secondary N) is 1. The molecule has 0 aromatic carbocycles. The van der Waals surface area contributed by atoms with Crippen LogP contribution in [-0.4, -0.2) is 17.6 Å². The van der Waals surface area contributed by atoms with Crippen molar-refractivity contribution in [2.75, 3.05) is 6.54 Å². The fourth-order valence-corrected chi connectivity index (χ4v) is 2.28. The molecule has 0 saturated carbocycles. The normalized spacial score (nSPS) is 14.3. The highest BCUT2D eigenvalue weighted by atomic mass is 14.9. The molecule has 1 aromatic heterocycles. The second-order valence-corrected chi connectivity index (χ2v) is 5.62. The third kappa shape index (κ3) is 6.20. The van der Waals surface area contributed by atoms with Crippen molar-refractivity contribution in [1.82, 2.24) is 10.3 Å². The second kappa shape index (κ2) is 9.08. The summed E-state index contributed by atoms with van der Waals surface area (Å²) < 4.78 is 0. The van der Waals surface area contributed by atoms with Crippen LogP contribution in [0.1, 0.15) is 58.2 Å². The first-order valence-electron chi connectivity index (χ1n) is 7.86. The van der Waals surface area contributed by atoms with E-state index in [0.717, 1.165) is 25.3 Å². The van der Waals surface area contributed by atoms with Crippen LogP contribution in [0, 0.1) is 5.92 Å². The molecule has 1 N–H and O–H groups in total. The molecule has 1 rings (SSSR count). The van der Waals surface area contributed by atoms with Gasteiger partial charge in [0.15, 0.2) is 0 Å². The van der Waals surface area contributed by atoms with E-state index in [0.29, 0.717) is 6.04 Å². The number of nitrogens with zero attached hydrogens (tertiary/aromatic N) is 1. The number of hydrogen-bond acceptors (Lipinski definition) is 2. The van der Waals surface area contributed by atoms with Crippen LogP contribution in [0.3, 0.4) is 0 Å². The van der Waals surface area contributed by atoms with E-state index >= 15 is 0 Å². The lowest BCUT2D eigenvalue weighted by Gasteiger charge is -2.21. The maximum atomic E-state index is 4.59. The van der Waals surface area contributed by atoms with E-state index in [1.54, 1.807) is 0 Å². The molecule has 0 saturated heterocycles. The van der Waals surface area contributed by atoms with Gasteiger partial charge in [0.2, 0.25) is 0 Å². The van der Waals surface area contributed by atoms with Gasteiger partial charge in [0.05, 0.1) is 0 Å². The minimum Gasteiger partial charge on any atom is -0.314 e. The molecule has 1 aromatic rings. The van der Waals surface area contributed by atoms with E-state index in [4.69, 9.17) is 0 Å². The summed E-state index contributed by atoms with van der Waals surface area (Å²) in [5, 5.41) is 3.67. The summed E-state index contributed by atoms with van der Waals surface area (Å²) in [6, 6.07) is 4.97. The Morgan fingerprint density at radius 2 is 2.00 bits per heavy atom. The van der Waals surface area contributed by atoms with Crippen LogP contribution < -0.4 is 5.32 Å². The quantitative estimate of drug-likeness (QED) is 0.728. The summed E-state index contributed by atoms with van der Waals surface area (Å²) in [7, 11) is 0. The standard InChI is InChI=1S/C17H30N2/c1-5-10-18-17(11-14(4)6-2)12-16-9-8-15(7-3)13-19-16/h8-9,13-14,17-18H,5-7,10-12H2,1-4H3. The van der Waals surface area contributed by atoms with Crippen molar-refractivity contribution in [3.63, 3.8) is 0 Å². The molecule has 2 heteroatoms. The Balaban J connectivity index is 2.58. The summed E-state index contributed by atoms with van der Waals surface area (Å²) in [4.78, 5) is 4.59. The Bertz CT molecular complexity index is 332. The first-order valence-corrected chi connectivity index (χ1v) is 7.86. The molecule has 0 aliphatic rings. The SMILES string of the molecule is CCCNC(Cc1ccc(CC)cn1)CC(C)CC. The van der Waals surface area contributed by atoms with Gasteiger partial charge in [0.1, 0.15) is 0 Å². The zero-order valence-corrected chi connectivity index (χ0v) is 13.1. The highest BCUT2D eigenvalue weighted by molar-refractivity contribution is 5.14. The van der Waals surface area contributed by atoms with Crippen molar-refractivity contribution in [3.05, 3.63) is 29.6 Å². The van der Waals surface area contributed by atoms with Gasteiger partial charge in [-0.25, -0.2) is 0 Å². The maximum absolute atomic E-state index is 4.59. The van der Waals surface area contributed by atoms with Crippen molar-refractivity contribution < 1.29 is 0 Å². The lowest BCUT2D eigenvalue weighted by molar-refractivity contribution is 0.389. The molecule has 108 valence electrons. The molecule has 19 heavy (non-hydrogen) atoms. The predicted octanol–water partition coefficient (Wildman–Crippen LogP) is 3.99. The highest BCUT2D eigenvalue weighted by Crippen LogP contribution is 2.13. The minimum absolute atomic E-state index is 0.565. The minimum atomic E-state index is 0.565. The summed E-state index contributed by atoms with van der Waals surface area (Å²) >= 11 is 0.